The SMILES string of the molecule is C=C(C)C(=O)OC(C)CCP.COC(=O)c1ccccc1C(=O)OC. The lowest BCUT2D eigenvalue weighted by Gasteiger charge is -2.11. The summed E-state index contributed by atoms with van der Waals surface area (Å²) in [6.45, 7) is 7.02. The van der Waals surface area contributed by atoms with E-state index in [1.165, 1.54) is 26.4 Å². The minimum absolute atomic E-state index is 0.00306. The third-order valence-corrected chi connectivity index (χ3v) is 3.30. The minimum Gasteiger partial charge on any atom is -0.465 e. The number of rotatable bonds is 6. The molecule has 0 bridgehead atoms. The second-order valence-corrected chi connectivity index (χ2v) is 5.68. The van der Waals surface area contributed by atoms with Crippen molar-refractivity contribution in [1.82, 2.24) is 0 Å². The van der Waals surface area contributed by atoms with E-state index >= 15 is 0 Å². The van der Waals surface area contributed by atoms with Crippen molar-refractivity contribution in [2.75, 3.05) is 20.4 Å². The molecule has 1 aromatic rings. The highest BCUT2D eigenvalue weighted by molar-refractivity contribution is 7.16. The predicted molar refractivity (Wildman–Crippen MR) is 98.7 cm³/mol. The quantitative estimate of drug-likeness (QED) is 0.332. The summed E-state index contributed by atoms with van der Waals surface area (Å²) in [5.74, 6) is -1.40. The number of carbonyl (C=O) groups is 3. The van der Waals surface area contributed by atoms with E-state index in [1.54, 1.807) is 19.1 Å². The molecule has 0 aromatic heterocycles. The Morgan fingerprint density at radius 1 is 1.08 bits per heavy atom. The summed E-state index contributed by atoms with van der Waals surface area (Å²) >= 11 is 0. The van der Waals surface area contributed by atoms with Gasteiger partial charge < -0.3 is 14.2 Å². The molecule has 0 heterocycles. The average molecular weight is 368 g/mol. The van der Waals surface area contributed by atoms with Crippen LogP contribution in [0.5, 0.6) is 0 Å². The summed E-state index contributed by atoms with van der Waals surface area (Å²) in [5.41, 5.74) is 0.879. The second kappa shape index (κ2) is 12.2. The molecular weight excluding hydrogens is 343 g/mol. The Bertz CT molecular complexity index is 576. The van der Waals surface area contributed by atoms with E-state index in [1.807, 2.05) is 6.92 Å². The molecule has 25 heavy (non-hydrogen) atoms. The van der Waals surface area contributed by atoms with Crippen LogP contribution in [0.3, 0.4) is 0 Å². The van der Waals surface area contributed by atoms with E-state index < -0.39 is 11.9 Å². The van der Waals surface area contributed by atoms with E-state index in [-0.39, 0.29) is 23.2 Å². The highest BCUT2D eigenvalue weighted by atomic mass is 31.0. The molecule has 6 nitrogen and oxygen atoms in total. The molecule has 0 saturated heterocycles. The van der Waals surface area contributed by atoms with Gasteiger partial charge >= 0.3 is 17.9 Å². The molecular formula is C18H25O6P. The third kappa shape index (κ3) is 8.45. The first-order valence-electron chi connectivity index (χ1n) is 7.60. The van der Waals surface area contributed by atoms with Crippen molar-refractivity contribution < 1.29 is 28.6 Å². The summed E-state index contributed by atoms with van der Waals surface area (Å²) in [5, 5.41) is 0. The Balaban J connectivity index is 0.000000477. The molecule has 0 radical (unpaired) electrons. The van der Waals surface area contributed by atoms with Gasteiger partial charge in [-0.15, -0.1) is 9.24 Å². The van der Waals surface area contributed by atoms with Gasteiger partial charge in [-0.1, -0.05) is 18.7 Å². The van der Waals surface area contributed by atoms with Crippen LogP contribution < -0.4 is 0 Å². The Morgan fingerprint density at radius 3 is 1.84 bits per heavy atom. The van der Waals surface area contributed by atoms with Gasteiger partial charge in [0.05, 0.1) is 31.5 Å². The van der Waals surface area contributed by atoms with Crippen LogP contribution in [-0.2, 0) is 19.0 Å². The van der Waals surface area contributed by atoms with E-state index in [2.05, 4.69) is 25.3 Å². The van der Waals surface area contributed by atoms with Crippen molar-refractivity contribution >= 4 is 27.1 Å². The molecule has 0 aliphatic rings. The Labute approximate surface area is 150 Å². The van der Waals surface area contributed by atoms with Crippen LogP contribution >= 0.6 is 9.24 Å². The van der Waals surface area contributed by atoms with Gasteiger partial charge in [-0.25, -0.2) is 14.4 Å². The number of carbonyl (C=O) groups excluding carboxylic acids is 3. The van der Waals surface area contributed by atoms with E-state index in [0.717, 1.165) is 12.6 Å². The lowest BCUT2D eigenvalue weighted by atomic mass is 10.1. The van der Waals surface area contributed by atoms with Crippen molar-refractivity contribution in [3.63, 3.8) is 0 Å². The van der Waals surface area contributed by atoms with Crippen LogP contribution in [0.25, 0.3) is 0 Å². The zero-order chi connectivity index (χ0) is 19.4. The van der Waals surface area contributed by atoms with Gasteiger partial charge in [-0.3, -0.25) is 0 Å². The van der Waals surface area contributed by atoms with Crippen molar-refractivity contribution in [2.45, 2.75) is 26.4 Å². The van der Waals surface area contributed by atoms with Crippen LogP contribution in [0.2, 0.25) is 0 Å². The Hall–Kier alpha value is -2.20. The topological polar surface area (TPSA) is 78.9 Å². The summed E-state index contributed by atoms with van der Waals surface area (Å²) < 4.78 is 14.1. The summed E-state index contributed by atoms with van der Waals surface area (Å²) in [7, 11) is 5.12. The highest BCUT2D eigenvalue weighted by Gasteiger charge is 2.16. The number of hydrogen-bond donors (Lipinski definition) is 0. The van der Waals surface area contributed by atoms with E-state index in [9.17, 15) is 14.4 Å². The van der Waals surface area contributed by atoms with Gasteiger partial charge in [-0.05, 0) is 38.6 Å². The van der Waals surface area contributed by atoms with E-state index in [0.29, 0.717) is 5.57 Å². The first-order chi connectivity index (χ1) is 11.8. The van der Waals surface area contributed by atoms with Crippen LogP contribution in [0.4, 0.5) is 0 Å². The molecule has 0 N–H and O–H groups in total. The maximum absolute atomic E-state index is 11.2. The zero-order valence-corrected chi connectivity index (χ0v) is 16.2. The molecule has 0 amide bonds. The smallest absolute Gasteiger partial charge is 0.338 e. The number of benzene rings is 1. The standard InChI is InChI=1S/C10H10O4.C8H15O2P/c1-13-9(11)7-5-3-4-6-8(7)10(12)14-2;1-6(2)8(9)10-7(3)4-5-11/h3-6H,1-2H3;7H,1,4-5,11H2,2-3H3. The number of esters is 3. The van der Waals surface area contributed by atoms with Crippen molar-refractivity contribution in [3.8, 4) is 0 Å². The monoisotopic (exact) mass is 368 g/mol. The number of hydrogen-bond acceptors (Lipinski definition) is 6. The van der Waals surface area contributed by atoms with Crippen LogP contribution in [-0.4, -0.2) is 44.4 Å². The van der Waals surface area contributed by atoms with Crippen molar-refractivity contribution in [1.29, 1.82) is 0 Å². The molecule has 0 aliphatic carbocycles. The van der Waals surface area contributed by atoms with Crippen molar-refractivity contribution in [3.05, 3.63) is 47.5 Å². The number of ether oxygens (including phenoxy) is 3. The molecule has 2 unspecified atom stereocenters. The summed E-state index contributed by atoms with van der Waals surface area (Å²) in [4.78, 5) is 33.3. The molecule has 1 rings (SSSR count). The zero-order valence-electron chi connectivity index (χ0n) is 15.0. The van der Waals surface area contributed by atoms with Gasteiger partial charge in [0.2, 0.25) is 0 Å². The highest BCUT2D eigenvalue weighted by Crippen LogP contribution is 2.11. The molecule has 0 saturated carbocycles. The lowest BCUT2D eigenvalue weighted by molar-refractivity contribution is -0.143. The minimum atomic E-state index is -0.550. The number of methoxy groups -OCH3 is 2. The summed E-state index contributed by atoms with van der Waals surface area (Å²) in [6.07, 6.45) is 1.82. The molecule has 0 spiro atoms. The molecule has 2 atom stereocenters. The fraction of sp³-hybridized carbons (Fsp3) is 0.389. The van der Waals surface area contributed by atoms with Gasteiger partial charge in [-0.2, -0.15) is 0 Å². The molecule has 138 valence electrons. The van der Waals surface area contributed by atoms with E-state index in [4.69, 9.17) is 4.74 Å². The fourth-order valence-electron chi connectivity index (χ4n) is 1.64. The second-order valence-electron chi connectivity index (χ2n) is 5.10. The van der Waals surface area contributed by atoms with Gasteiger partial charge in [0, 0.05) is 5.57 Å². The van der Waals surface area contributed by atoms with Crippen LogP contribution in [0.1, 0.15) is 41.0 Å². The largest absolute Gasteiger partial charge is 0.465 e. The van der Waals surface area contributed by atoms with Crippen LogP contribution in [0.15, 0.2) is 36.4 Å². The first-order valence-corrected chi connectivity index (χ1v) is 8.42. The van der Waals surface area contributed by atoms with Crippen LogP contribution in [0, 0.1) is 0 Å². The maximum Gasteiger partial charge on any atom is 0.338 e. The van der Waals surface area contributed by atoms with Gasteiger partial charge in [0.1, 0.15) is 0 Å². The Kier molecular flexibility index (Phi) is 11.1. The molecule has 0 aliphatic heterocycles. The molecule has 0 fully saturated rings. The fourth-order valence-corrected chi connectivity index (χ4v) is 2.11. The molecule has 7 heteroatoms. The third-order valence-electron chi connectivity index (χ3n) is 2.97. The Morgan fingerprint density at radius 2 is 1.52 bits per heavy atom. The summed E-state index contributed by atoms with van der Waals surface area (Å²) in [6, 6.07) is 6.33. The average Bonchev–Trinajstić information content (AvgIpc) is 2.60. The lowest BCUT2D eigenvalue weighted by Crippen LogP contribution is -2.15. The molecule has 1 aromatic carbocycles. The van der Waals surface area contributed by atoms with Gasteiger partial charge in [0.15, 0.2) is 0 Å². The van der Waals surface area contributed by atoms with Gasteiger partial charge in [0.25, 0.3) is 0 Å². The first kappa shape index (κ1) is 22.8. The maximum atomic E-state index is 11.2. The normalized spacial score (nSPS) is 10.6. The van der Waals surface area contributed by atoms with Crippen molar-refractivity contribution in [2.24, 2.45) is 0 Å². The predicted octanol–water partition coefficient (Wildman–Crippen LogP) is 3.02.